The molecule has 3 heteroatoms. The van der Waals surface area contributed by atoms with Gasteiger partial charge in [0.1, 0.15) is 5.82 Å². The van der Waals surface area contributed by atoms with Crippen LogP contribution >= 0.6 is 22.6 Å². The van der Waals surface area contributed by atoms with Gasteiger partial charge in [-0.05, 0) is 63.8 Å². The lowest BCUT2D eigenvalue weighted by Gasteiger charge is -2.15. The fraction of sp³-hybridized carbons (Fsp3) is 0.294. The number of nitrogens with two attached hydrogens (primary N) is 1. The average molecular weight is 383 g/mol. The summed E-state index contributed by atoms with van der Waals surface area (Å²) in [5.41, 5.74) is 9.79. The van der Waals surface area contributed by atoms with E-state index in [-0.39, 0.29) is 11.9 Å². The zero-order valence-electron chi connectivity index (χ0n) is 11.7. The molecular formula is C17H19FIN. The summed E-state index contributed by atoms with van der Waals surface area (Å²) in [4.78, 5) is 0. The second-order valence-corrected chi connectivity index (χ2v) is 6.53. The predicted molar refractivity (Wildman–Crippen MR) is 90.3 cm³/mol. The standard InChI is InChI=1S/C17H19FIN/c1-11(2)13-5-3-12(4-6-13)9-17(20)15-8-7-14(18)10-16(15)19/h3-8,10-11,17H,9,20H2,1-2H3. The number of benzene rings is 2. The third-order valence-corrected chi connectivity index (χ3v) is 4.40. The molecule has 2 aromatic rings. The minimum absolute atomic E-state index is 0.104. The molecule has 1 unspecified atom stereocenters. The Balaban J connectivity index is 2.12. The first-order chi connectivity index (χ1) is 9.47. The van der Waals surface area contributed by atoms with Gasteiger partial charge in [-0.3, -0.25) is 0 Å². The van der Waals surface area contributed by atoms with E-state index < -0.39 is 0 Å². The fourth-order valence-electron chi connectivity index (χ4n) is 2.20. The van der Waals surface area contributed by atoms with E-state index in [9.17, 15) is 4.39 Å². The van der Waals surface area contributed by atoms with Crippen LogP contribution in [0.15, 0.2) is 42.5 Å². The van der Waals surface area contributed by atoms with E-state index in [2.05, 4.69) is 60.7 Å². The molecule has 0 heterocycles. The second-order valence-electron chi connectivity index (χ2n) is 5.37. The highest BCUT2D eigenvalue weighted by Crippen LogP contribution is 2.23. The van der Waals surface area contributed by atoms with Gasteiger partial charge in [0, 0.05) is 9.61 Å². The van der Waals surface area contributed by atoms with Gasteiger partial charge in [-0.25, -0.2) is 4.39 Å². The van der Waals surface area contributed by atoms with Gasteiger partial charge in [0.25, 0.3) is 0 Å². The molecule has 0 bridgehead atoms. The molecule has 0 aromatic heterocycles. The predicted octanol–water partition coefficient (Wildman–Crippen LogP) is 4.80. The topological polar surface area (TPSA) is 26.0 Å². The highest BCUT2D eigenvalue weighted by molar-refractivity contribution is 14.1. The number of hydrogen-bond acceptors (Lipinski definition) is 1. The van der Waals surface area contributed by atoms with Crippen LogP contribution in [0.2, 0.25) is 0 Å². The van der Waals surface area contributed by atoms with Crippen LogP contribution in [0.3, 0.4) is 0 Å². The van der Waals surface area contributed by atoms with Crippen molar-refractivity contribution in [2.24, 2.45) is 5.73 Å². The Morgan fingerprint density at radius 1 is 1.10 bits per heavy atom. The van der Waals surface area contributed by atoms with Gasteiger partial charge in [0.2, 0.25) is 0 Å². The normalized spacial score (nSPS) is 12.7. The number of halogens is 2. The Labute approximate surface area is 133 Å². The Bertz CT molecular complexity index is 578. The highest BCUT2D eigenvalue weighted by atomic mass is 127. The number of hydrogen-bond donors (Lipinski definition) is 1. The summed E-state index contributed by atoms with van der Waals surface area (Å²) in [6, 6.07) is 13.2. The van der Waals surface area contributed by atoms with Crippen LogP contribution in [0.4, 0.5) is 4.39 Å². The number of rotatable bonds is 4. The Morgan fingerprint density at radius 3 is 2.30 bits per heavy atom. The van der Waals surface area contributed by atoms with Crippen molar-refractivity contribution in [3.05, 3.63) is 68.5 Å². The molecule has 0 aliphatic carbocycles. The van der Waals surface area contributed by atoms with E-state index in [1.54, 1.807) is 6.07 Å². The Hall–Kier alpha value is -0.940. The van der Waals surface area contributed by atoms with E-state index in [0.717, 1.165) is 15.6 Å². The van der Waals surface area contributed by atoms with Crippen LogP contribution in [0.25, 0.3) is 0 Å². The minimum Gasteiger partial charge on any atom is -0.324 e. The second kappa shape index (κ2) is 6.68. The molecule has 106 valence electrons. The summed E-state index contributed by atoms with van der Waals surface area (Å²) in [5, 5.41) is 0. The maximum atomic E-state index is 13.1. The van der Waals surface area contributed by atoms with Crippen LogP contribution in [0.1, 0.15) is 42.5 Å². The summed E-state index contributed by atoms with van der Waals surface area (Å²) in [6.07, 6.45) is 0.764. The lowest BCUT2D eigenvalue weighted by Crippen LogP contribution is -2.15. The molecule has 0 aliphatic heterocycles. The van der Waals surface area contributed by atoms with E-state index in [4.69, 9.17) is 5.73 Å². The van der Waals surface area contributed by atoms with Gasteiger partial charge in [0.05, 0.1) is 0 Å². The van der Waals surface area contributed by atoms with E-state index in [1.165, 1.54) is 23.3 Å². The van der Waals surface area contributed by atoms with Gasteiger partial charge in [0.15, 0.2) is 0 Å². The fourth-order valence-corrected chi connectivity index (χ4v) is 3.08. The summed E-state index contributed by atoms with van der Waals surface area (Å²) in [6.45, 7) is 4.36. The molecule has 0 aliphatic rings. The SMILES string of the molecule is CC(C)c1ccc(CC(N)c2ccc(F)cc2I)cc1. The molecule has 20 heavy (non-hydrogen) atoms. The molecule has 0 spiro atoms. The average Bonchev–Trinajstić information content (AvgIpc) is 2.39. The van der Waals surface area contributed by atoms with E-state index in [1.807, 2.05) is 0 Å². The Kier molecular flexibility index (Phi) is 5.16. The van der Waals surface area contributed by atoms with Gasteiger partial charge in [-0.15, -0.1) is 0 Å². The molecule has 1 nitrogen and oxygen atoms in total. The lowest BCUT2D eigenvalue weighted by molar-refractivity contribution is 0.622. The maximum Gasteiger partial charge on any atom is 0.124 e. The van der Waals surface area contributed by atoms with Gasteiger partial charge in [-0.2, -0.15) is 0 Å². The van der Waals surface area contributed by atoms with Crippen LogP contribution in [0.5, 0.6) is 0 Å². The quantitative estimate of drug-likeness (QED) is 0.755. The van der Waals surface area contributed by atoms with Crippen LogP contribution in [-0.4, -0.2) is 0 Å². The smallest absolute Gasteiger partial charge is 0.124 e. The summed E-state index contributed by atoms with van der Waals surface area (Å²) in [5.74, 6) is 0.322. The largest absolute Gasteiger partial charge is 0.324 e. The monoisotopic (exact) mass is 383 g/mol. The van der Waals surface area contributed by atoms with Crippen LogP contribution in [0, 0.1) is 9.39 Å². The molecule has 0 saturated carbocycles. The molecule has 0 fully saturated rings. The van der Waals surface area contributed by atoms with Crippen molar-refractivity contribution < 1.29 is 4.39 Å². The molecule has 2 N–H and O–H groups in total. The van der Waals surface area contributed by atoms with Crippen molar-refractivity contribution >= 4 is 22.6 Å². The molecule has 1 atom stereocenters. The first-order valence-corrected chi connectivity index (χ1v) is 7.84. The lowest BCUT2D eigenvalue weighted by atomic mass is 9.96. The zero-order valence-corrected chi connectivity index (χ0v) is 13.9. The van der Waals surface area contributed by atoms with Crippen molar-refractivity contribution in [1.82, 2.24) is 0 Å². The molecule has 0 saturated heterocycles. The summed E-state index contributed by atoms with van der Waals surface area (Å²) < 4.78 is 14.0. The highest BCUT2D eigenvalue weighted by Gasteiger charge is 2.11. The van der Waals surface area contributed by atoms with Crippen LogP contribution in [-0.2, 0) is 6.42 Å². The van der Waals surface area contributed by atoms with Gasteiger partial charge < -0.3 is 5.73 Å². The first-order valence-electron chi connectivity index (χ1n) is 6.76. The van der Waals surface area contributed by atoms with Gasteiger partial charge >= 0.3 is 0 Å². The molecule has 0 radical (unpaired) electrons. The molecular weight excluding hydrogens is 364 g/mol. The van der Waals surface area contributed by atoms with Crippen molar-refractivity contribution in [3.8, 4) is 0 Å². The third-order valence-electron chi connectivity index (χ3n) is 3.46. The van der Waals surface area contributed by atoms with Crippen molar-refractivity contribution in [3.63, 3.8) is 0 Å². The maximum absolute atomic E-state index is 13.1. The Morgan fingerprint density at radius 2 is 1.75 bits per heavy atom. The summed E-state index contributed by atoms with van der Waals surface area (Å²) in [7, 11) is 0. The van der Waals surface area contributed by atoms with Crippen molar-refractivity contribution in [1.29, 1.82) is 0 Å². The summed E-state index contributed by atoms with van der Waals surface area (Å²) >= 11 is 2.14. The molecule has 0 amide bonds. The van der Waals surface area contributed by atoms with E-state index in [0.29, 0.717) is 5.92 Å². The first kappa shape index (κ1) is 15.4. The van der Waals surface area contributed by atoms with Gasteiger partial charge in [-0.1, -0.05) is 44.2 Å². The molecule has 2 rings (SSSR count). The van der Waals surface area contributed by atoms with Crippen LogP contribution < -0.4 is 5.73 Å². The van der Waals surface area contributed by atoms with Crippen molar-refractivity contribution in [2.75, 3.05) is 0 Å². The zero-order chi connectivity index (χ0) is 14.7. The van der Waals surface area contributed by atoms with E-state index >= 15 is 0 Å². The minimum atomic E-state index is -0.216. The third kappa shape index (κ3) is 3.79. The molecule has 2 aromatic carbocycles. The van der Waals surface area contributed by atoms with Crippen molar-refractivity contribution in [2.45, 2.75) is 32.2 Å².